The van der Waals surface area contributed by atoms with Gasteiger partial charge in [-0.05, 0) is 73.0 Å². The van der Waals surface area contributed by atoms with Crippen LogP contribution in [0.2, 0.25) is 0 Å². The molecule has 2 N–H and O–H groups in total. The number of nitrogens with one attached hydrogen (secondary N) is 2. The SMILES string of the molecule is COc1ccc(-c2cnc(SCC(=O)NC(Cc3ccc(C(C)C)cc3)C3CCCNC3)nc2)cc1OC. The molecule has 2 heterocycles. The number of nitrogens with zero attached hydrogens (tertiary/aromatic N) is 2. The van der Waals surface area contributed by atoms with Gasteiger partial charge in [-0.15, -0.1) is 0 Å². The van der Waals surface area contributed by atoms with Gasteiger partial charge in [-0.25, -0.2) is 9.97 Å². The third kappa shape index (κ3) is 7.48. The van der Waals surface area contributed by atoms with Crippen molar-refractivity contribution in [3.05, 3.63) is 66.0 Å². The van der Waals surface area contributed by atoms with Gasteiger partial charge < -0.3 is 20.1 Å². The molecule has 1 fully saturated rings. The maximum absolute atomic E-state index is 13.0. The molecule has 38 heavy (non-hydrogen) atoms. The molecular formula is C30H38N4O3S. The number of carbonyl (C=O) groups is 1. The molecule has 0 saturated carbocycles. The normalized spacial score (nSPS) is 16.2. The van der Waals surface area contributed by atoms with Crippen molar-refractivity contribution in [3.63, 3.8) is 0 Å². The Morgan fingerprint density at radius 3 is 2.42 bits per heavy atom. The minimum atomic E-state index is 0.0111. The number of piperidine rings is 1. The van der Waals surface area contributed by atoms with Crippen molar-refractivity contribution in [2.75, 3.05) is 33.1 Å². The van der Waals surface area contributed by atoms with Gasteiger partial charge >= 0.3 is 0 Å². The lowest BCUT2D eigenvalue weighted by molar-refractivity contribution is -0.119. The van der Waals surface area contributed by atoms with Gasteiger partial charge in [-0.1, -0.05) is 55.9 Å². The van der Waals surface area contributed by atoms with Crippen molar-refractivity contribution in [1.29, 1.82) is 0 Å². The van der Waals surface area contributed by atoms with Gasteiger partial charge in [0.25, 0.3) is 0 Å². The summed E-state index contributed by atoms with van der Waals surface area (Å²) < 4.78 is 10.7. The van der Waals surface area contributed by atoms with E-state index in [9.17, 15) is 4.79 Å². The quantitative estimate of drug-likeness (QED) is 0.261. The standard InChI is InChI=1S/C30H38N4O3S/c1-20(2)22-9-7-21(8-10-22)14-26(24-6-5-13-31-16-24)34-29(35)19-38-30-32-17-25(18-33-30)23-11-12-27(36-3)28(15-23)37-4/h7-12,15,17-18,20,24,26,31H,5-6,13-14,16,19H2,1-4H3,(H,34,35). The van der Waals surface area contributed by atoms with E-state index in [2.05, 4.69) is 58.7 Å². The van der Waals surface area contributed by atoms with E-state index in [1.165, 1.54) is 22.9 Å². The van der Waals surface area contributed by atoms with Crippen LogP contribution in [-0.4, -0.2) is 55.0 Å². The van der Waals surface area contributed by atoms with Crippen molar-refractivity contribution in [3.8, 4) is 22.6 Å². The largest absolute Gasteiger partial charge is 0.493 e. The summed E-state index contributed by atoms with van der Waals surface area (Å²) in [6.45, 7) is 6.39. The first kappa shape index (κ1) is 27.9. The summed E-state index contributed by atoms with van der Waals surface area (Å²) in [5, 5.41) is 7.39. The first-order valence-electron chi connectivity index (χ1n) is 13.2. The number of carbonyl (C=O) groups excluding carboxylic acids is 1. The Kier molecular flexibility index (Phi) is 10.0. The van der Waals surface area contributed by atoms with Crippen LogP contribution in [0.25, 0.3) is 11.1 Å². The van der Waals surface area contributed by atoms with Crippen LogP contribution in [0.3, 0.4) is 0 Å². The maximum Gasteiger partial charge on any atom is 0.230 e. The van der Waals surface area contributed by atoms with Crippen molar-refractivity contribution < 1.29 is 14.3 Å². The molecule has 7 nitrogen and oxygen atoms in total. The first-order chi connectivity index (χ1) is 18.5. The van der Waals surface area contributed by atoms with E-state index in [1.807, 2.05) is 18.2 Å². The van der Waals surface area contributed by atoms with E-state index in [1.54, 1.807) is 26.6 Å². The highest BCUT2D eigenvalue weighted by atomic mass is 32.2. The number of benzene rings is 2. The average molecular weight is 535 g/mol. The van der Waals surface area contributed by atoms with E-state index >= 15 is 0 Å². The van der Waals surface area contributed by atoms with Crippen molar-refractivity contribution in [1.82, 2.24) is 20.6 Å². The number of ether oxygens (including phenoxy) is 2. The van der Waals surface area contributed by atoms with Crippen LogP contribution < -0.4 is 20.1 Å². The second-order valence-electron chi connectivity index (χ2n) is 9.99. The summed E-state index contributed by atoms with van der Waals surface area (Å²) in [6.07, 6.45) is 6.63. The molecule has 4 rings (SSSR count). The average Bonchev–Trinajstić information content (AvgIpc) is 2.96. The smallest absolute Gasteiger partial charge is 0.230 e. The highest BCUT2D eigenvalue weighted by molar-refractivity contribution is 7.99. The van der Waals surface area contributed by atoms with E-state index in [0.717, 1.165) is 43.5 Å². The van der Waals surface area contributed by atoms with Crippen LogP contribution in [0.4, 0.5) is 0 Å². The van der Waals surface area contributed by atoms with E-state index in [0.29, 0.717) is 28.5 Å². The van der Waals surface area contributed by atoms with Crippen molar-refractivity contribution in [2.24, 2.45) is 5.92 Å². The van der Waals surface area contributed by atoms with Crippen LogP contribution in [0.1, 0.15) is 43.7 Å². The second kappa shape index (κ2) is 13.6. The van der Waals surface area contributed by atoms with Gasteiger partial charge in [0.1, 0.15) is 0 Å². The zero-order chi connectivity index (χ0) is 26.9. The Morgan fingerprint density at radius 1 is 1.05 bits per heavy atom. The van der Waals surface area contributed by atoms with Gasteiger partial charge in [-0.3, -0.25) is 4.79 Å². The highest BCUT2D eigenvalue weighted by Gasteiger charge is 2.25. The Labute approximate surface area is 230 Å². The third-order valence-corrected chi connectivity index (χ3v) is 7.91. The number of rotatable bonds is 11. The molecule has 202 valence electrons. The molecule has 1 aliphatic rings. The number of aromatic nitrogens is 2. The molecule has 1 saturated heterocycles. The molecule has 0 radical (unpaired) electrons. The number of thioether (sulfide) groups is 1. The predicted molar refractivity (Wildman–Crippen MR) is 153 cm³/mol. The fourth-order valence-electron chi connectivity index (χ4n) is 4.78. The maximum atomic E-state index is 13.0. The topological polar surface area (TPSA) is 85.4 Å². The zero-order valence-electron chi connectivity index (χ0n) is 22.7. The first-order valence-corrected chi connectivity index (χ1v) is 14.2. The van der Waals surface area contributed by atoms with Gasteiger partial charge in [0, 0.05) is 24.0 Å². The Balaban J connectivity index is 1.36. The summed E-state index contributed by atoms with van der Waals surface area (Å²) in [5.74, 6) is 2.54. The summed E-state index contributed by atoms with van der Waals surface area (Å²) >= 11 is 1.35. The lowest BCUT2D eigenvalue weighted by Gasteiger charge is -2.31. The fraction of sp³-hybridized carbons (Fsp3) is 0.433. The van der Waals surface area contributed by atoms with Crippen molar-refractivity contribution in [2.45, 2.75) is 50.2 Å². The van der Waals surface area contributed by atoms with Gasteiger partial charge in [0.15, 0.2) is 16.7 Å². The molecule has 3 aromatic rings. The van der Waals surface area contributed by atoms with Gasteiger partial charge in [0.05, 0.1) is 20.0 Å². The molecule has 1 amide bonds. The molecule has 1 aliphatic heterocycles. The van der Waals surface area contributed by atoms with Crippen LogP contribution >= 0.6 is 11.8 Å². The van der Waals surface area contributed by atoms with Gasteiger partial charge in [0.2, 0.25) is 5.91 Å². The molecule has 2 unspecified atom stereocenters. The van der Waals surface area contributed by atoms with Crippen LogP contribution in [-0.2, 0) is 11.2 Å². The fourth-order valence-corrected chi connectivity index (χ4v) is 5.38. The minimum absolute atomic E-state index is 0.0111. The monoisotopic (exact) mass is 534 g/mol. The van der Waals surface area contributed by atoms with E-state index in [4.69, 9.17) is 9.47 Å². The van der Waals surface area contributed by atoms with Crippen LogP contribution in [0.5, 0.6) is 11.5 Å². The second-order valence-corrected chi connectivity index (χ2v) is 10.9. The zero-order valence-corrected chi connectivity index (χ0v) is 23.5. The predicted octanol–water partition coefficient (Wildman–Crippen LogP) is 5.10. The highest BCUT2D eigenvalue weighted by Crippen LogP contribution is 2.32. The lowest BCUT2D eigenvalue weighted by Crippen LogP contribution is -2.48. The number of hydrogen-bond donors (Lipinski definition) is 2. The Hall–Kier alpha value is -3.10. The summed E-state index contributed by atoms with van der Waals surface area (Å²) in [4.78, 5) is 21.9. The minimum Gasteiger partial charge on any atom is -0.493 e. The number of methoxy groups -OCH3 is 2. The lowest BCUT2D eigenvalue weighted by atomic mass is 9.87. The molecule has 8 heteroatoms. The molecular weight excluding hydrogens is 496 g/mol. The number of hydrogen-bond acceptors (Lipinski definition) is 7. The van der Waals surface area contributed by atoms with Crippen molar-refractivity contribution >= 4 is 17.7 Å². The summed E-state index contributed by atoms with van der Waals surface area (Å²) in [7, 11) is 3.22. The van der Waals surface area contributed by atoms with Crippen LogP contribution in [0.15, 0.2) is 60.0 Å². The summed E-state index contributed by atoms with van der Waals surface area (Å²) in [6, 6.07) is 14.6. The summed E-state index contributed by atoms with van der Waals surface area (Å²) in [5.41, 5.74) is 4.39. The molecule has 1 aromatic heterocycles. The molecule has 2 atom stereocenters. The molecule has 0 aliphatic carbocycles. The number of amides is 1. The molecule has 0 spiro atoms. The van der Waals surface area contributed by atoms with E-state index in [-0.39, 0.29) is 17.7 Å². The Morgan fingerprint density at radius 2 is 1.79 bits per heavy atom. The third-order valence-electron chi connectivity index (χ3n) is 7.03. The van der Waals surface area contributed by atoms with Crippen LogP contribution in [0, 0.1) is 5.92 Å². The van der Waals surface area contributed by atoms with Gasteiger partial charge in [-0.2, -0.15) is 0 Å². The molecule has 0 bridgehead atoms. The van der Waals surface area contributed by atoms with E-state index < -0.39 is 0 Å². The Bertz CT molecular complexity index is 1180. The molecule has 2 aromatic carbocycles.